The Hall–Kier alpha value is -1.92. The number of aromatic nitrogens is 2. The third-order valence-corrected chi connectivity index (χ3v) is 5.73. The number of benzene rings is 1. The average Bonchev–Trinajstić information content (AvgIpc) is 2.54. The quantitative estimate of drug-likeness (QED) is 0.896. The molecule has 0 saturated heterocycles. The lowest BCUT2D eigenvalue weighted by molar-refractivity contribution is 0.0686. The number of aliphatic hydroxyl groups is 1. The van der Waals surface area contributed by atoms with Gasteiger partial charge in [-0.3, -0.25) is 4.99 Å². The van der Waals surface area contributed by atoms with E-state index in [-0.39, 0.29) is 5.25 Å². The summed E-state index contributed by atoms with van der Waals surface area (Å²) < 4.78 is 0. The smallest absolute Gasteiger partial charge is 0.155 e. The van der Waals surface area contributed by atoms with Crippen molar-refractivity contribution in [3.05, 3.63) is 48.5 Å². The molecule has 0 amide bonds. The first-order chi connectivity index (χ1) is 11.3. The average molecular weight is 342 g/mol. The summed E-state index contributed by atoms with van der Waals surface area (Å²) in [5.74, 6) is 0. The summed E-state index contributed by atoms with van der Waals surface area (Å²) in [5, 5.41) is 10.9. The van der Waals surface area contributed by atoms with Crippen LogP contribution in [0.2, 0.25) is 0 Å². The van der Waals surface area contributed by atoms with Gasteiger partial charge in [0.15, 0.2) is 5.17 Å². The van der Waals surface area contributed by atoms with E-state index in [1.165, 1.54) is 18.1 Å². The van der Waals surface area contributed by atoms with Crippen LogP contribution in [0, 0.1) is 0 Å². The van der Waals surface area contributed by atoms with E-state index in [1.807, 2.05) is 26.0 Å². The van der Waals surface area contributed by atoms with E-state index in [9.17, 15) is 5.11 Å². The van der Waals surface area contributed by atoms with Gasteiger partial charge in [-0.25, -0.2) is 9.97 Å². The van der Waals surface area contributed by atoms with Gasteiger partial charge in [0, 0.05) is 23.2 Å². The molecule has 5 nitrogen and oxygen atoms in total. The molecule has 0 saturated carbocycles. The van der Waals surface area contributed by atoms with Gasteiger partial charge in [-0.1, -0.05) is 30.0 Å². The first-order valence-corrected chi connectivity index (χ1v) is 8.76. The fourth-order valence-corrected chi connectivity index (χ4v) is 4.16. The zero-order valence-electron chi connectivity index (χ0n) is 14.1. The van der Waals surface area contributed by atoms with Gasteiger partial charge < -0.3 is 10.8 Å². The van der Waals surface area contributed by atoms with E-state index in [0.717, 1.165) is 23.1 Å². The molecular weight excluding hydrogens is 320 g/mol. The minimum atomic E-state index is -0.822. The Balaban J connectivity index is 2.00. The maximum Gasteiger partial charge on any atom is 0.155 e. The molecule has 0 spiro atoms. The van der Waals surface area contributed by atoms with E-state index >= 15 is 0 Å². The second-order valence-corrected chi connectivity index (χ2v) is 8.12. The fourth-order valence-electron chi connectivity index (χ4n) is 2.92. The highest BCUT2D eigenvalue weighted by Gasteiger charge is 2.40. The van der Waals surface area contributed by atoms with E-state index in [4.69, 9.17) is 10.7 Å². The van der Waals surface area contributed by atoms with Crippen molar-refractivity contribution >= 4 is 16.9 Å². The Morgan fingerprint density at radius 1 is 1.25 bits per heavy atom. The molecule has 0 bridgehead atoms. The van der Waals surface area contributed by atoms with Crippen LogP contribution in [0.4, 0.5) is 0 Å². The van der Waals surface area contributed by atoms with Crippen LogP contribution in [0.25, 0.3) is 11.1 Å². The maximum atomic E-state index is 10.4. The van der Waals surface area contributed by atoms with Crippen LogP contribution < -0.4 is 5.73 Å². The summed E-state index contributed by atoms with van der Waals surface area (Å²) in [7, 11) is 0. The highest BCUT2D eigenvalue weighted by atomic mass is 32.2. The molecule has 0 radical (unpaired) electrons. The molecule has 3 N–H and O–H groups in total. The third-order valence-electron chi connectivity index (χ3n) is 4.37. The topological polar surface area (TPSA) is 84.4 Å². The van der Waals surface area contributed by atoms with Gasteiger partial charge in [0.25, 0.3) is 0 Å². The standard InChI is InChI=1S/C18H22N4OS/c1-17(2,23)15-8-18(3,22-16(19)24-15)14-6-4-5-12(7-14)13-9-20-11-21-10-13/h4-7,9-11,15,23H,8H2,1-3H3,(H2,19,22)/t15?,18-/m0/s1. The first kappa shape index (κ1) is 16.9. The number of aliphatic imine (C=N–C) groups is 1. The lowest BCUT2D eigenvalue weighted by Crippen LogP contribution is -2.43. The second-order valence-electron chi connectivity index (χ2n) is 6.90. The van der Waals surface area contributed by atoms with Gasteiger partial charge in [0.05, 0.1) is 11.1 Å². The van der Waals surface area contributed by atoms with Crippen LogP contribution in [-0.4, -0.2) is 31.1 Å². The van der Waals surface area contributed by atoms with Gasteiger partial charge in [-0.2, -0.15) is 0 Å². The number of hydrogen-bond donors (Lipinski definition) is 2. The van der Waals surface area contributed by atoms with Crippen molar-refractivity contribution in [1.29, 1.82) is 0 Å². The maximum absolute atomic E-state index is 10.4. The van der Waals surface area contributed by atoms with E-state index < -0.39 is 11.1 Å². The molecule has 1 aliphatic rings. The molecule has 0 aliphatic carbocycles. The van der Waals surface area contributed by atoms with E-state index in [2.05, 4.69) is 29.0 Å². The minimum absolute atomic E-state index is 0.0104. The van der Waals surface area contributed by atoms with Gasteiger partial charge in [0.2, 0.25) is 0 Å². The highest BCUT2D eigenvalue weighted by molar-refractivity contribution is 8.14. The van der Waals surface area contributed by atoms with Crippen molar-refractivity contribution in [2.24, 2.45) is 10.7 Å². The fraction of sp³-hybridized carbons (Fsp3) is 0.389. The Morgan fingerprint density at radius 3 is 2.62 bits per heavy atom. The molecule has 1 aliphatic heterocycles. The molecule has 1 unspecified atom stereocenters. The Kier molecular flexibility index (Phi) is 4.36. The van der Waals surface area contributed by atoms with Crippen molar-refractivity contribution < 1.29 is 5.11 Å². The molecule has 1 aromatic heterocycles. The molecule has 3 rings (SSSR count). The molecule has 126 valence electrons. The largest absolute Gasteiger partial charge is 0.389 e. The van der Waals surface area contributed by atoms with Crippen LogP contribution in [0.15, 0.2) is 48.0 Å². The molecule has 0 fully saturated rings. The van der Waals surface area contributed by atoms with E-state index in [0.29, 0.717) is 5.17 Å². The number of nitrogens with zero attached hydrogens (tertiary/aromatic N) is 3. The molecule has 2 aromatic rings. The SMILES string of the molecule is CC(C)(O)C1C[C@@](C)(c2cccc(-c3cncnc3)c2)N=C(N)S1. The summed E-state index contributed by atoms with van der Waals surface area (Å²) in [4.78, 5) is 12.9. The summed E-state index contributed by atoms with van der Waals surface area (Å²) in [6.45, 7) is 5.71. The van der Waals surface area contributed by atoms with Gasteiger partial charge in [-0.15, -0.1) is 0 Å². The molecule has 1 aromatic carbocycles. The predicted molar refractivity (Wildman–Crippen MR) is 98.7 cm³/mol. The van der Waals surface area contributed by atoms with Crippen LogP contribution in [0.1, 0.15) is 32.8 Å². The minimum Gasteiger partial charge on any atom is -0.389 e. The Bertz CT molecular complexity index is 757. The number of amidine groups is 1. The van der Waals surface area contributed by atoms with Crippen molar-refractivity contribution in [2.75, 3.05) is 0 Å². The monoisotopic (exact) mass is 342 g/mol. The van der Waals surface area contributed by atoms with Gasteiger partial charge in [0.1, 0.15) is 6.33 Å². The summed E-state index contributed by atoms with van der Waals surface area (Å²) >= 11 is 1.45. The van der Waals surface area contributed by atoms with E-state index in [1.54, 1.807) is 12.4 Å². The van der Waals surface area contributed by atoms with Crippen molar-refractivity contribution in [2.45, 2.75) is 43.6 Å². The summed E-state index contributed by atoms with van der Waals surface area (Å²) in [5.41, 5.74) is 7.85. The van der Waals surface area contributed by atoms with Crippen LogP contribution in [0.5, 0.6) is 0 Å². The Morgan fingerprint density at radius 2 is 1.96 bits per heavy atom. The number of hydrogen-bond acceptors (Lipinski definition) is 6. The van der Waals surface area contributed by atoms with Crippen molar-refractivity contribution in [1.82, 2.24) is 9.97 Å². The third kappa shape index (κ3) is 3.44. The van der Waals surface area contributed by atoms with Gasteiger partial charge in [-0.05, 0) is 44.4 Å². The first-order valence-electron chi connectivity index (χ1n) is 7.88. The van der Waals surface area contributed by atoms with Crippen LogP contribution in [-0.2, 0) is 5.54 Å². The lowest BCUT2D eigenvalue weighted by atomic mass is 9.83. The molecule has 2 atom stereocenters. The molecule has 2 heterocycles. The highest BCUT2D eigenvalue weighted by Crippen LogP contribution is 2.43. The van der Waals surface area contributed by atoms with Crippen LogP contribution >= 0.6 is 11.8 Å². The number of nitrogens with two attached hydrogens (primary N) is 1. The van der Waals surface area contributed by atoms with Crippen LogP contribution in [0.3, 0.4) is 0 Å². The summed E-state index contributed by atoms with van der Waals surface area (Å²) in [6.07, 6.45) is 5.83. The summed E-state index contributed by atoms with van der Waals surface area (Å²) in [6, 6.07) is 8.20. The normalized spacial score (nSPS) is 24.5. The molecule has 24 heavy (non-hydrogen) atoms. The number of rotatable bonds is 3. The zero-order chi connectivity index (χ0) is 17.4. The predicted octanol–water partition coefficient (Wildman–Crippen LogP) is 2.95. The molecular formula is C18H22N4OS. The van der Waals surface area contributed by atoms with Crippen molar-refractivity contribution in [3.63, 3.8) is 0 Å². The Labute approximate surface area is 146 Å². The zero-order valence-corrected chi connectivity index (χ0v) is 14.9. The van der Waals surface area contributed by atoms with Crippen molar-refractivity contribution in [3.8, 4) is 11.1 Å². The second kappa shape index (κ2) is 6.18. The van der Waals surface area contributed by atoms with Gasteiger partial charge >= 0.3 is 0 Å². The number of thioether (sulfide) groups is 1. The lowest BCUT2D eigenvalue weighted by Gasteiger charge is -2.39. The molecule has 6 heteroatoms.